The molecule has 2 aliphatic rings. The molecule has 0 unspecified atom stereocenters. The molecule has 1 heterocycles. The number of nitrogens with one attached hydrogen (secondary N) is 1. The van der Waals surface area contributed by atoms with E-state index in [0.29, 0.717) is 12.5 Å². The Balaban J connectivity index is 1.84. The summed E-state index contributed by atoms with van der Waals surface area (Å²) < 4.78 is 9.70. The summed E-state index contributed by atoms with van der Waals surface area (Å²) in [5.41, 5.74) is -1.09. The lowest BCUT2D eigenvalue weighted by Gasteiger charge is -2.37. The van der Waals surface area contributed by atoms with Gasteiger partial charge in [0.05, 0.1) is 20.3 Å². The first kappa shape index (κ1) is 13.3. The topological polar surface area (TPSA) is 64.6 Å². The molecular formula is C13H21NO4. The number of carbonyl (C=O) groups is 2. The van der Waals surface area contributed by atoms with Crippen molar-refractivity contribution in [1.82, 2.24) is 5.32 Å². The van der Waals surface area contributed by atoms with Gasteiger partial charge in [0.15, 0.2) is 5.41 Å². The SMILES string of the molecule is COC(=O)C1(C(=O)NCC2CCCCC2)COC1. The maximum atomic E-state index is 12.1. The molecule has 0 bridgehead atoms. The van der Waals surface area contributed by atoms with Crippen LogP contribution in [0, 0.1) is 11.3 Å². The van der Waals surface area contributed by atoms with E-state index in [0.717, 1.165) is 0 Å². The van der Waals surface area contributed by atoms with E-state index in [4.69, 9.17) is 9.47 Å². The minimum atomic E-state index is -1.09. The van der Waals surface area contributed by atoms with Crippen LogP contribution in [0.25, 0.3) is 0 Å². The molecule has 5 heteroatoms. The van der Waals surface area contributed by atoms with Crippen molar-refractivity contribution < 1.29 is 19.1 Å². The minimum absolute atomic E-state index is 0.135. The molecule has 2 fully saturated rings. The highest BCUT2D eigenvalue weighted by Crippen LogP contribution is 2.30. The molecule has 1 amide bonds. The molecule has 0 aromatic heterocycles. The highest BCUT2D eigenvalue weighted by Gasteiger charge is 2.53. The quantitative estimate of drug-likeness (QED) is 0.598. The molecule has 2 rings (SSSR count). The molecule has 5 nitrogen and oxygen atoms in total. The Hall–Kier alpha value is -1.10. The van der Waals surface area contributed by atoms with E-state index in [2.05, 4.69) is 5.32 Å². The molecule has 1 N–H and O–H groups in total. The molecule has 1 aliphatic carbocycles. The van der Waals surface area contributed by atoms with Gasteiger partial charge in [-0.05, 0) is 18.8 Å². The lowest BCUT2D eigenvalue weighted by molar-refractivity contribution is -0.188. The Morgan fingerprint density at radius 2 is 1.94 bits per heavy atom. The van der Waals surface area contributed by atoms with E-state index in [1.54, 1.807) is 0 Å². The summed E-state index contributed by atoms with van der Waals surface area (Å²) in [6, 6.07) is 0. The number of methoxy groups -OCH3 is 1. The van der Waals surface area contributed by atoms with Crippen LogP contribution in [0.1, 0.15) is 32.1 Å². The van der Waals surface area contributed by atoms with E-state index in [1.165, 1.54) is 39.2 Å². The molecule has 0 aromatic rings. The van der Waals surface area contributed by atoms with Crippen LogP contribution in [0.4, 0.5) is 0 Å². The first-order valence-electron chi connectivity index (χ1n) is 6.63. The van der Waals surface area contributed by atoms with Crippen molar-refractivity contribution in [1.29, 1.82) is 0 Å². The lowest BCUT2D eigenvalue weighted by Crippen LogP contribution is -2.59. The van der Waals surface area contributed by atoms with Gasteiger partial charge in [0.25, 0.3) is 0 Å². The number of ether oxygens (including phenoxy) is 2. The van der Waals surface area contributed by atoms with Crippen molar-refractivity contribution in [3.8, 4) is 0 Å². The maximum absolute atomic E-state index is 12.1. The molecule has 1 saturated heterocycles. The molecule has 0 aromatic carbocycles. The second kappa shape index (κ2) is 5.69. The molecule has 18 heavy (non-hydrogen) atoms. The second-order valence-corrected chi connectivity index (χ2v) is 5.28. The van der Waals surface area contributed by atoms with Crippen molar-refractivity contribution in [2.24, 2.45) is 11.3 Å². The third kappa shape index (κ3) is 2.51. The van der Waals surface area contributed by atoms with Gasteiger partial charge in [-0.15, -0.1) is 0 Å². The number of hydrogen-bond acceptors (Lipinski definition) is 4. The Morgan fingerprint density at radius 3 is 2.44 bits per heavy atom. The van der Waals surface area contributed by atoms with Crippen molar-refractivity contribution >= 4 is 11.9 Å². The summed E-state index contributed by atoms with van der Waals surface area (Å²) in [6.07, 6.45) is 6.12. The molecule has 0 spiro atoms. The van der Waals surface area contributed by atoms with Crippen molar-refractivity contribution in [2.45, 2.75) is 32.1 Å². The van der Waals surface area contributed by atoms with Gasteiger partial charge >= 0.3 is 5.97 Å². The highest BCUT2D eigenvalue weighted by atomic mass is 16.5. The zero-order valence-corrected chi connectivity index (χ0v) is 10.9. The molecule has 1 aliphatic heterocycles. The molecule has 0 atom stereocenters. The van der Waals surface area contributed by atoms with Crippen LogP contribution in [0.3, 0.4) is 0 Å². The van der Waals surface area contributed by atoms with Gasteiger partial charge in [-0.1, -0.05) is 19.3 Å². The first-order valence-corrected chi connectivity index (χ1v) is 6.63. The highest BCUT2D eigenvalue weighted by molar-refractivity contribution is 6.03. The number of esters is 1. The lowest BCUT2D eigenvalue weighted by atomic mass is 9.84. The number of rotatable bonds is 4. The smallest absolute Gasteiger partial charge is 0.326 e. The number of hydrogen-bond donors (Lipinski definition) is 1. The Kier molecular flexibility index (Phi) is 4.22. The second-order valence-electron chi connectivity index (χ2n) is 5.28. The Morgan fingerprint density at radius 1 is 1.28 bits per heavy atom. The summed E-state index contributed by atoms with van der Waals surface area (Å²) in [6.45, 7) is 0.934. The van der Waals surface area contributed by atoms with Crippen molar-refractivity contribution in [3.05, 3.63) is 0 Å². The van der Waals surface area contributed by atoms with Crippen LogP contribution in [-0.2, 0) is 19.1 Å². The van der Waals surface area contributed by atoms with Gasteiger partial charge in [0.1, 0.15) is 0 Å². The van der Waals surface area contributed by atoms with Gasteiger partial charge in [-0.3, -0.25) is 9.59 Å². The third-order valence-corrected chi connectivity index (χ3v) is 3.98. The average molecular weight is 255 g/mol. The largest absolute Gasteiger partial charge is 0.468 e. The number of amides is 1. The van der Waals surface area contributed by atoms with Crippen LogP contribution in [0.15, 0.2) is 0 Å². The standard InChI is InChI=1S/C13H21NO4/c1-17-12(16)13(8-18-9-13)11(15)14-7-10-5-3-2-4-6-10/h10H,2-9H2,1H3,(H,14,15). The zero-order valence-electron chi connectivity index (χ0n) is 10.9. The summed E-state index contributed by atoms with van der Waals surface area (Å²) in [5, 5.41) is 2.89. The summed E-state index contributed by atoms with van der Waals surface area (Å²) >= 11 is 0. The third-order valence-electron chi connectivity index (χ3n) is 3.98. The molecule has 0 radical (unpaired) electrons. The van der Waals surface area contributed by atoms with Crippen molar-refractivity contribution in [3.63, 3.8) is 0 Å². The van der Waals surface area contributed by atoms with E-state index < -0.39 is 11.4 Å². The fourth-order valence-corrected chi connectivity index (χ4v) is 2.64. The van der Waals surface area contributed by atoms with Gasteiger partial charge < -0.3 is 14.8 Å². The van der Waals surface area contributed by atoms with Crippen LogP contribution >= 0.6 is 0 Å². The van der Waals surface area contributed by atoms with Crippen molar-refractivity contribution in [2.75, 3.05) is 26.9 Å². The predicted molar refractivity (Wildman–Crippen MR) is 64.9 cm³/mol. The monoisotopic (exact) mass is 255 g/mol. The molecule has 102 valence electrons. The normalized spacial score (nSPS) is 22.9. The van der Waals surface area contributed by atoms with E-state index in [1.807, 2.05) is 0 Å². The maximum Gasteiger partial charge on any atom is 0.326 e. The number of carbonyl (C=O) groups excluding carboxylic acids is 2. The van der Waals surface area contributed by atoms with Crippen LogP contribution < -0.4 is 5.32 Å². The predicted octanol–water partition coefficient (Wildman–Crippen LogP) is 0.872. The minimum Gasteiger partial charge on any atom is -0.468 e. The van der Waals surface area contributed by atoms with E-state index in [9.17, 15) is 9.59 Å². The van der Waals surface area contributed by atoms with Crippen LogP contribution in [-0.4, -0.2) is 38.7 Å². The first-order chi connectivity index (χ1) is 8.69. The van der Waals surface area contributed by atoms with Gasteiger partial charge in [0, 0.05) is 6.54 Å². The molecular weight excluding hydrogens is 234 g/mol. The summed E-state index contributed by atoms with van der Waals surface area (Å²) in [5.74, 6) is -0.181. The zero-order chi connectivity index (χ0) is 13.0. The van der Waals surface area contributed by atoms with Gasteiger partial charge in [0.2, 0.25) is 5.91 Å². The average Bonchev–Trinajstić information content (AvgIpc) is 2.36. The Bertz CT molecular complexity index is 319. The van der Waals surface area contributed by atoms with Crippen LogP contribution in [0.5, 0.6) is 0 Å². The molecule has 1 saturated carbocycles. The van der Waals surface area contributed by atoms with E-state index in [-0.39, 0.29) is 19.1 Å². The fourth-order valence-electron chi connectivity index (χ4n) is 2.64. The van der Waals surface area contributed by atoms with Crippen LogP contribution in [0.2, 0.25) is 0 Å². The van der Waals surface area contributed by atoms with Gasteiger partial charge in [-0.2, -0.15) is 0 Å². The summed E-state index contributed by atoms with van der Waals surface area (Å²) in [7, 11) is 1.30. The fraction of sp³-hybridized carbons (Fsp3) is 0.846. The Labute approximate surface area is 107 Å². The summed E-state index contributed by atoms with van der Waals surface area (Å²) in [4.78, 5) is 23.7. The van der Waals surface area contributed by atoms with E-state index >= 15 is 0 Å². The van der Waals surface area contributed by atoms with Gasteiger partial charge in [-0.25, -0.2) is 0 Å².